The molecule has 0 saturated carbocycles. The van der Waals surface area contributed by atoms with Crippen LogP contribution in [-0.2, 0) is 16.0 Å². The van der Waals surface area contributed by atoms with E-state index >= 15 is 0 Å². The lowest BCUT2D eigenvalue weighted by atomic mass is 10.1. The molecule has 1 saturated heterocycles. The van der Waals surface area contributed by atoms with Gasteiger partial charge in [0.15, 0.2) is 0 Å². The molecule has 5 nitrogen and oxygen atoms in total. The largest absolute Gasteiger partial charge is 0.481 e. The Balaban J connectivity index is 1.98. The third-order valence-corrected chi connectivity index (χ3v) is 5.17. The van der Waals surface area contributed by atoms with Crippen LogP contribution >= 0.6 is 23.1 Å². The first kappa shape index (κ1) is 15.8. The highest BCUT2D eigenvalue weighted by Gasteiger charge is 2.18. The molecule has 0 spiro atoms. The second-order valence-electron chi connectivity index (χ2n) is 5.11. The van der Waals surface area contributed by atoms with Gasteiger partial charge in [0.2, 0.25) is 5.91 Å². The molecule has 1 fully saturated rings. The van der Waals surface area contributed by atoms with Gasteiger partial charge in [-0.2, -0.15) is 0 Å². The number of nitrogens with one attached hydrogen (secondary N) is 1. The quantitative estimate of drug-likeness (QED) is 0.890. The molecule has 1 aliphatic heterocycles. The normalized spacial score (nSPS) is 15.9. The van der Waals surface area contributed by atoms with Crippen LogP contribution in [0.3, 0.4) is 0 Å². The molecule has 2 N–H and O–H groups in total. The monoisotopic (exact) mass is 346 g/mol. The number of thiazole rings is 1. The number of aromatic nitrogens is 1. The van der Waals surface area contributed by atoms with Crippen LogP contribution in [0.4, 0.5) is 0 Å². The van der Waals surface area contributed by atoms with Crippen molar-refractivity contribution in [2.24, 2.45) is 0 Å². The summed E-state index contributed by atoms with van der Waals surface area (Å²) in [6, 6.07) is 7.84. The number of rotatable bonds is 4. The second kappa shape index (κ2) is 6.55. The number of hydrogen-bond donors (Lipinski definition) is 2. The highest BCUT2D eigenvalue weighted by molar-refractivity contribution is 8.04. The number of nitrogens with zero attached hydrogens (tertiary/aromatic N) is 1. The third-order valence-electron chi connectivity index (χ3n) is 3.23. The van der Waals surface area contributed by atoms with Crippen molar-refractivity contribution < 1.29 is 14.7 Å². The van der Waals surface area contributed by atoms with Gasteiger partial charge in [-0.3, -0.25) is 9.59 Å². The number of carbonyl (C=O) groups is 2. The number of hydrogen-bond acceptors (Lipinski definition) is 5. The Labute approximate surface area is 141 Å². The number of aryl methyl sites for hydroxylation is 1. The van der Waals surface area contributed by atoms with Gasteiger partial charge >= 0.3 is 5.97 Å². The van der Waals surface area contributed by atoms with Crippen LogP contribution in [-0.4, -0.2) is 27.7 Å². The number of amides is 1. The van der Waals surface area contributed by atoms with E-state index < -0.39 is 5.97 Å². The van der Waals surface area contributed by atoms with Crippen molar-refractivity contribution in [2.75, 3.05) is 5.75 Å². The fraction of sp³-hybridized carbons (Fsp3) is 0.188. The summed E-state index contributed by atoms with van der Waals surface area (Å²) in [4.78, 5) is 27.6. The molecule has 23 heavy (non-hydrogen) atoms. The van der Waals surface area contributed by atoms with Gasteiger partial charge in [0.25, 0.3) is 0 Å². The summed E-state index contributed by atoms with van der Waals surface area (Å²) in [6.45, 7) is 2.00. The van der Waals surface area contributed by atoms with Crippen LogP contribution in [0.25, 0.3) is 17.3 Å². The molecule has 2 aromatic rings. The maximum absolute atomic E-state index is 11.2. The molecule has 0 radical (unpaired) electrons. The van der Waals surface area contributed by atoms with Crippen molar-refractivity contribution in [1.82, 2.24) is 10.3 Å². The molecule has 118 valence electrons. The zero-order valence-electron chi connectivity index (χ0n) is 12.3. The molecule has 0 aliphatic carbocycles. The minimum atomic E-state index is -0.884. The second-order valence-corrected chi connectivity index (χ2v) is 7.24. The summed E-state index contributed by atoms with van der Waals surface area (Å²) in [5.41, 5.74) is 2.73. The summed E-state index contributed by atoms with van der Waals surface area (Å²) in [5, 5.41) is 13.3. The van der Waals surface area contributed by atoms with Gasteiger partial charge in [-0.05, 0) is 6.92 Å². The maximum atomic E-state index is 11.2. The Hall–Kier alpha value is -2.12. The zero-order valence-corrected chi connectivity index (χ0v) is 14.0. The van der Waals surface area contributed by atoms with Gasteiger partial charge in [0.1, 0.15) is 5.01 Å². The van der Waals surface area contributed by atoms with Crippen LogP contribution in [0.2, 0.25) is 0 Å². The summed E-state index contributed by atoms with van der Waals surface area (Å²) in [6.07, 6.45) is 1.73. The lowest BCUT2D eigenvalue weighted by molar-refractivity contribution is -0.136. The van der Waals surface area contributed by atoms with E-state index in [1.165, 1.54) is 23.1 Å². The molecule has 7 heteroatoms. The van der Waals surface area contributed by atoms with Crippen LogP contribution in [0.5, 0.6) is 0 Å². The van der Waals surface area contributed by atoms with Gasteiger partial charge in [0, 0.05) is 16.5 Å². The molecule has 1 aromatic heterocycles. The van der Waals surface area contributed by atoms with E-state index in [9.17, 15) is 9.59 Å². The topological polar surface area (TPSA) is 79.3 Å². The predicted molar refractivity (Wildman–Crippen MR) is 92.2 cm³/mol. The molecule has 2 heterocycles. The highest BCUT2D eigenvalue weighted by Crippen LogP contribution is 2.31. The van der Waals surface area contributed by atoms with E-state index in [2.05, 4.69) is 10.3 Å². The van der Waals surface area contributed by atoms with E-state index in [4.69, 9.17) is 5.11 Å². The smallest absolute Gasteiger partial charge is 0.308 e. The average Bonchev–Trinajstić information content (AvgIpc) is 3.06. The van der Waals surface area contributed by atoms with Gasteiger partial charge in [-0.1, -0.05) is 41.6 Å². The number of carboxylic acid groups (broad SMARTS) is 1. The van der Waals surface area contributed by atoms with Crippen molar-refractivity contribution in [2.45, 2.75) is 13.3 Å². The van der Waals surface area contributed by atoms with Crippen molar-refractivity contribution >= 4 is 41.1 Å². The number of aliphatic carboxylic acids is 1. The van der Waals surface area contributed by atoms with Crippen LogP contribution in [0.15, 0.2) is 29.3 Å². The van der Waals surface area contributed by atoms with Gasteiger partial charge in [-0.25, -0.2) is 4.98 Å². The van der Waals surface area contributed by atoms with Crippen molar-refractivity contribution in [3.63, 3.8) is 0 Å². The van der Waals surface area contributed by atoms with Gasteiger partial charge in [-0.15, -0.1) is 11.3 Å². The Kier molecular flexibility index (Phi) is 4.49. The van der Waals surface area contributed by atoms with Crippen LogP contribution < -0.4 is 5.32 Å². The van der Waals surface area contributed by atoms with E-state index in [0.717, 1.165) is 16.2 Å². The first-order chi connectivity index (χ1) is 11.0. The van der Waals surface area contributed by atoms with E-state index in [1.54, 1.807) is 6.08 Å². The van der Waals surface area contributed by atoms with E-state index in [1.807, 2.05) is 31.2 Å². The standard InChI is InChI=1S/C16H14N2O3S2/c1-9-2-4-10(5-3-9)16-11(6-15(20)21)23-14(18-16)7-13-17-12(19)8-22-13/h2-5,7H,6,8H2,1H3,(H,17,19)(H,20,21)/b13-7+. The Morgan fingerprint density at radius 2 is 2.13 bits per heavy atom. The molecule has 1 aromatic carbocycles. The molecule has 1 aliphatic rings. The van der Waals surface area contributed by atoms with E-state index in [-0.39, 0.29) is 12.3 Å². The maximum Gasteiger partial charge on any atom is 0.308 e. The predicted octanol–water partition coefficient (Wildman–Crippen LogP) is 2.91. The Morgan fingerprint density at radius 3 is 2.74 bits per heavy atom. The average molecular weight is 346 g/mol. The lowest BCUT2D eigenvalue weighted by Crippen LogP contribution is -2.13. The van der Waals surface area contributed by atoms with Crippen LogP contribution in [0, 0.1) is 6.92 Å². The molecular formula is C16H14N2O3S2. The molecule has 0 bridgehead atoms. The van der Waals surface area contributed by atoms with Gasteiger partial charge < -0.3 is 10.4 Å². The third kappa shape index (κ3) is 3.80. The first-order valence-corrected chi connectivity index (χ1v) is 8.74. The van der Waals surface area contributed by atoms with Crippen LogP contribution in [0.1, 0.15) is 15.4 Å². The molecule has 3 rings (SSSR count). The summed E-state index contributed by atoms with van der Waals surface area (Å²) < 4.78 is 0. The Morgan fingerprint density at radius 1 is 1.39 bits per heavy atom. The lowest BCUT2D eigenvalue weighted by Gasteiger charge is -2.01. The molecule has 0 unspecified atom stereocenters. The first-order valence-electron chi connectivity index (χ1n) is 6.94. The molecule has 1 amide bonds. The summed E-state index contributed by atoms with van der Waals surface area (Å²) in [7, 11) is 0. The highest BCUT2D eigenvalue weighted by atomic mass is 32.2. The number of carboxylic acids is 1. The number of thioether (sulfide) groups is 1. The summed E-state index contributed by atoms with van der Waals surface area (Å²) in [5.74, 6) is -0.503. The number of benzene rings is 1. The minimum absolute atomic E-state index is 0.0256. The summed E-state index contributed by atoms with van der Waals surface area (Å²) >= 11 is 2.76. The fourth-order valence-corrected chi connectivity index (χ4v) is 4.00. The van der Waals surface area contributed by atoms with Crippen molar-refractivity contribution in [3.8, 4) is 11.3 Å². The zero-order chi connectivity index (χ0) is 16.4. The van der Waals surface area contributed by atoms with E-state index in [0.29, 0.717) is 21.3 Å². The van der Waals surface area contributed by atoms with Gasteiger partial charge in [0.05, 0.1) is 22.9 Å². The van der Waals surface area contributed by atoms with Crippen molar-refractivity contribution in [1.29, 1.82) is 0 Å². The fourth-order valence-electron chi connectivity index (χ4n) is 2.17. The molecule has 0 atom stereocenters. The number of carbonyl (C=O) groups excluding carboxylic acids is 1. The minimum Gasteiger partial charge on any atom is -0.481 e. The van der Waals surface area contributed by atoms with Crippen molar-refractivity contribution in [3.05, 3.63) is 44.7 Å². The molecular weight excluding hydrogens is 332 g/mol. The SMILES string of the molecule is Cc1ccc(-c2nc(/C=C3\NC(=O)CS3)sc2CC(=O)O)cc1. The Bertz CT molecular complexity index is 794.